The van der Waals surface area contributed by atoms with Crippen molar-refractivity contribution in [3.8, 4) is 0 Å². The van der Waals surface area contributed by atoms with Gasteiger partial charge in [-0.25, -0.2) is 0 Å². The average molecular weight is 290 g/mol. The molecular weight excluding hydrogens is 264 g/mol. The van der Waals surface area contributed by atoms with Gasteiger partial charge in [-0.3, -0.25) is 9.69 Å². The van der Waals surface area contributed by atoms with E-state index in [1.54, 1.807) is 0 Å². The molecule has 2 heterocycles. The van der Waals surface area contributed by atoms with Crippen molar-refractivity contribution in [2.45, 2.75) is 31.8 Å². The standard InChI is InChI=1S/C17H26N2O2/c20-17(16-2-1-9-21-16)19-7-5-18(6-8-19)12-15-11-13-3-4-14(15)10-13/h3-4,13-16H,1-2,5-12H2/t13-,14-,15-,16-/m0/s1. The van der Waals surface area contributed by atoms with Crippen molar-refractivity contribution in [1.82, 2.24) is 9.80 Å². The zero-order chi connectivity index (χ0) is 14.2. The molecule has 1 saturated carbocycles. The summed E-state index contributed by atoms with van der Waals surface area (Å²) in [6, 6.07) is 0. The Bertz CT molecular complexity index is 423. The normalized spacial score (nSPS) is 39.3. The van der Waals surface area contributed by atoms with Crippen molar-refractivity contribution in [2.75, 3.05) is 39.3 Å². The van der Waals surface area contributed by atoms with Gasteiger partial charge in [0, 0.05) is 39.3 Å². The first-order valence-corrected chi connectivity index (χ1v) is 8.60. The molecule has 2 bridgehead atoms. The van der Waals surface area contributed by atoms with Crippen LogP contribution < -0.4 is 0 Å². The molecule has 0 aromatic carbocycles. The number of nitrogens with zero attached hydrogens (tertiary/aromatic N) is 2. The number of piperazine rings is 1. The molecule has 4 nitrogen and oxygen atoms in total. The van der Waals surface area contributed by atoms with Gasteiger partial charge in [0.25, 0.3) is 5.91 Å². The lowest BCUT2D eigenvalue weighted by Crippen LogP contribution is -2.52. The van der Waals surface area contributed by atoms with Crippen molar-refractivity contribution >= 4 is 5.91 Å². The minimum Gasteiger partial charge on any atom is -0.368 e. The highest BCUT2D eigenvalue weighted by molar-refractivity contribution is 5.81. The molecule has 3 fully saturated rings. The van der Waals surface area contributed by atoms with Crippen molar-refractivity contribution in [3.63, 3.8) is 0 Å². The summed E-state index contributed by atoms with van der Waals surface area (Å²) in [6.45, 7) is 5.83. The number of hydrogen-bond acceptors (Lipinski definition) is 3. The quantitative estimate of drug-likeness (QED) is 0.739. The molecule has 116 valence electrons. The van der Waals surface area contributed by atoms with Crippen molar-refractivity contribution in [2.24, 2.45) is 17.8 Å². The highest BCUT2D eigenvalue weighted by Gasteiger charge is 2.37. The molecule has 21 heavy (non-hydrogen) atoms. The predicted molar refractivity (Wildman–Crippen MR) is 80.8 cm³/mol. The van der Waals surface area contributed by atoms with Gasteiger partial charge in [-0.15, -0.1) is 0 Å². The van der Waals surface area contributed by atoms with Crippen LogP contribution in [0.1, 0.15) is 25.7 Å². The summed E-state index contributed by atoms with van der Waals surface area (Å²) < 4.78 is 5.52. The van der Waals surface area contributed by atoms with E-state index in [0.717, 1.165) is 63.4 Å². The Kier molecular flexibility index (Phi) is 3.76. The van der Waals surface area contributed by atoms with Gasteiger partial charge in [-0.05, 0) is 43.4 Å². The Labute approximate surface area is 127 Å². The first kappa shape index (κ1) is 13.8. The molecular formula is C17H26N2O2. The van der Waals surface area contributed by atoms with Gasteiger partial charge in [0.05, 0.1) is 0 Å². The number of amides is 1. The van der Waals surface area contributed by atoms with Crippen LogP contribution in [-0.4, -0.2) is 61.1 Å². The maximum absolute atomic E-state index is 12.3. The lowest BCUT2D eigenvalue weighted by molar-refractivity contribution is -0.142. The van der Waals surface area contributed by atoms with Crippen LogP contribution in [0.15, 0.2) is 12.2 Å². The van der Waals surface area contributed by atoms with Crippen LogP contribution in [0.3, 0.4) is 0 Å². The molecule has 0 N–H and O–H groups in total. The summed E-state index contributed by atoms with van der Waals surface area (Å²) in [5.41, 5.74) is 0. The van der Waals surface area contributed by atoms with Gasteiger partial charge in [0.1, 0.15) is 6.10 Å². The fourth-order valence-electron chi connectivity index (χ4n) is 4.56. The molecule has 4 heteroatoms. The second-order valence-electron chi connectivity index (χ2n) is 7.17. The average Bonchev–Trinajstić information content (AvgIpc) is 3.25. The number of carbonyl (C=O) groups is 1. The van der Waals surface area contributed by atoms with Crippen LogP contribution in [0.2, 0.25) is 0 Å². The smallest absolute Gasteiger partial charge is 0.251 e. The van der Waals surface area contributed by atoms with Crippen LogP contribution in [-0.2, 0) is 9.53 Å². The van der Waals surface area contributed by atoms with E-state index >= 15 is 0 Å². The Morgan fingerprint density at radius 3 is 2.62 bits per heavy atom. The summed E-state index contributed by atoms with van der Waals surface area (Å²) in [4.78, 5) is 16.9. The fraction of sp³-hybridized carbons (Fsp3) is 0.824. The van der Waals surface area contributed by atoms with Crippen LogP contribution >= 0.6 is 0 Å². The SMILES string of the molecule is O=C([C@@H]1CCCO1)N1CCN(C[C@@H]2C[C@H]3C=C[C@H]2C3)CC1. The molecule has 0 radical (unpaired) electrons. The largest absolute Gasteiger partial charge is 0.368 e. The summed E-state index contributed by atoms with van der Waals surface area (Å²) >= 11 is 0. The zero-order valence-corrected chi connectivity index (χ0v) is 12.7. The lowest BCUT2D eigenvalue weighted by Gasteiger charge is -2.37. The summed E-state index contributed by atoms with van der Waals surface area (Å²) in [5.74, 6) is 2.79. The topological polar surface area (TPSA) is 32.8 Å². The van der Waals surface area contributed by atoms with Crippen LogP contribution in [0.4, 0.5) is 0 Å². The first-order valence-electron chi connectivity index (χ1n) is 8.60. The summed E-state index contributed by atoms with van der Waals surface area (Å²) in [7, 11) is 0. The molecule has 4 aliphatic rings. The van der Waals surface area contributed by atoms with E-state index in [2.05, 4.69) is 17.1 Å². The number of fused-ring (bicyclic) bond motifs is 2. The molecule has 4 rings (SSSR count). The second kappa shape index (κ2) is 5.73. The molecule has 0 spiro atoms. The van der Waals surface area contributed by atoms with E-state index < -0.39 is 0 Å². The fourth-order valence-corrected chi connectivity index (χ4v) is 4.56. The van der Waals surface area contributed by atoms with Crippen LogP contribution in [0, 0.1) is 17.8 Å². The van der Waals surface area contributed by atoms with Crippen molar-refractivity contribution in [1.29, 1.82) is 0 Å². The number of carbonyl (C=O) groups excluding carboxylic acids is 1. The third kappa shape index (κ3) is 2.76. The predicted octanol–water partition coefficient (Wildman–Crippen LogP) is 1.52. The van der Waals surface area contributed by atoms with Gasteiger partial charge in [0.2, 0.25) is 0 Å². The molecule has 2 aliphatic heterocycles. The molecule has 0 unspecified atom stereocenters. The molecule has 4 atom stereocenters. The monoisotopic (exact) mass is 290 g/mol. The molecule has 2 aliphatic carbocycles. The van der Waals surface area contributed by atoms with Gasteiger partial charge < -0.3 is 9.64 Å². The zero-order valence-electron chi connectivity index (χ0n) is 12.7. The molecule has 0 aromatic rings. The Morgan fingerprint density at radius 1 is 1.14 bits per heavy atom. The first-order chi connectivity index (χ1) is 10.3. The minimum absolute atomic E-state index is 0.146. The maximum Gasteiger partial charge on any atom is 0.251 e. The van der Waals surface area contributed by atoms with Crippen LogP contribution in [0.5, 0.6) is 0 Å². The van der Waals surface area contributed by atoms with E-state index in [0.29, 0.717) is 0 Å². The van der Waals surface area contributed by atoms with E-state index in [9.17, 15) is 4.79 Å². The Balaban J connectivity index is 1.25. The van der Waals surface area contributed by atoms with Gasteiger partial charge in [-0.2, -0.15) is 0 Å². The number of hydrogen-bond donors (Lipinski definition) is 0. The summed E-state index contributed by atoms with van der Waals surface area (Å²) in [5, 5.41) is 0. The maximum atomic E-state index is 12.3. The third-order valence-corrected chi connectivity index (χ3v) is 5.80. The number of rotatable bonds is 3. The molecule has 0 aromatic heterocycles. The summed E-state index contributed by atoms with van der Waals surface area (Å²) in [6.07, 6.45) is 9.44. The van der Waals surface area contributed by atoms with Gasteiger partial charge in [0.15, 0.2) is 0 Å². The number of ether oxygens (including phenoxy) is 1. The van der Waals surface area contributed by atoms with Crippen molar-refractivity contribution in [3.05, 3.63) is 12.2 Å². The van der Waals surface area contributed by atoms with Crippen molar-refractivity contribution < 1.29 is 9.53 Å². The Hall–Kier alpha value is -0.870. The van der Waals surface area contributed by atoms with E-state index in [1.165, 1.54) is 19.4 Å². The highest BCUT2D eigenvalue weighted by atomic mass is 16.5. The van der Waals surface area contributed by atoms with E-state index in [4.69, 9.17) is 4.74 Å². The second-order valence-corrected chi connectivity index (χ2v) is 7.17. The minimum atomic E-state index is -0.146. The third-order valence-electron chi connectivity index (χ3n) is 5.80. The van der Waals surface area contributed by atoms with E-state index in [-0.39, 0.29) is 12.0 Å². The Morgan fingerprint density at radius 2 is 2.00 bits per heavy atom. The lowest BCUT2D eigenvalue weighted by atomic mass is 9.93. The highest BCUT2D eigenvalue weighted by Crippen LogP contribution is 2.43. The van der Waals surface area contributed by atoms with E-state index in [1.807, 2.05) is 4.90 Å². The molecule has 2 saturated heterocycles. The van der Waals surface area contributed by atoms with Gasteiger partial charge >= 0.3 is 0 Å². The van der Waals surface area contributed by atoms with Crippen LogP contribution in [0.25, 0.3) is 0 Å². The number of allylic oxidation sites excluding steroid dienone is 2. The van der Waals surface area contributed by atoms with Gasteiger partial charge in [-0.1, -0.05) is 12.2 Å². The molecule has 1 amide bonds.